The Morgan fingerprint density at radius 2 is 2.11 bits per heavy atom. The van der Waals surface area contributed by atoms with Crippen molar-refractivity contribution < 1.29 is 9.72 Å². The molecule has 96 valence electrons. The van der Waals surface area contributed by atoms with Crippen molar-refractivity contribution in [3.05, 3.63) is 63.4 Å². The Labute approximate surface area is 113 Å². The Hall–Kier alpha value is -2.47. The molecule has 1 aromatic carbocycles. The van der Waals surface area contributed by atoms with Gasteiger partial charge in [-0.2, -0.15) is 0 Å². The molecule has 0 saturated carbocycles. The molecule has 1 heterocycles. The van der Waals surface area contributed by atoms with Crippen LogP contribution in [-0.2, 0) is 0 Å². The average molecular weight is 278 g/mol. The van der Waals surface area contributed by atoms with Gasteiger partial charge in [0.25, 0.3) is 11.6 Å². The molecule has 1 amide bonds. The molecule has 0 fully saturated rings. The summed E-state index contributed by atoms with van der Waals surface area (Å²) in [5.74, 6) is -0.474. The molecule has 2 rings (SSSR count). The lowest BCUT2D eigenvalue weighted by atomic mass is 10.2. The first-order valence-corrected chi connectivity index (χ1v) is 5.62. The van der Waals surface area contributed by atoms with Crippen LogP contribution in [0.2, 0.25) is 5.15 Å². The lowest BCUT2D eigenvalue weighted by molar-refractivity contribution is -0.384. The first kappa shape index (κ1) is 13.0. The van der Waals surface area contributed by atoms with Gasteiger partial charge in [-0.25, -0.2) is 4.98 Å². The van der Waals surface area contributed by atoms with E-state index in [2.05, 4.69) is 10.3 Å². The molecule has 0 bridgehead atoms. The largest absolute Gasteiger partial charge is 0.322 e. The van der Waals surface area contributed by atoms with Gasteiger partial charge in [0.15, 0.2) is 0 Å². The minimum atomic E-state index is -0.535. The summed E-state index contributed by atoms with van der Waals surface area (Å²) in [6, 6.07) is 8.74. The monoisotopic (exact) mass is 277 g/mol. The number of hydrogen-bond acceptors (Lipinski definition) is 4. The number of amides is 1. The van der Waals surface area contributed by atoms with Crippen LogP contribution in [0.4, 0.5) is 11.4 Å². The molecular formula is C12H8ClN3O3. The highest BCUT2D eigenvalue weighted by Gasteiger charge is 2.12. The van der Waals surface area contributed by atoms with Crippen molar-refractivity contribution in [3.8, 4) is 0 Å². The molecule has 0 atom stereocenters. The molecule has 7 heteroatoms. The van der Waals surface area contributed by atoms with Gasteiger partial charge in [0.1, 0.15) is 5.15 Å². The summed E-state index contributed by atoms with van der Waals surface area (Å²) in [4.78, 5) is 25.8. The third kappa shape index (κ3) is 3.05. The van der Waals surface area contributed by atoms with Crippen molar-refractivity contribution in [2.45, 2.75) is 0 Å². The molecule has 1 aromatic heterocycles. The van der Waals surface area contributed by atoms with Crippen LogP contribution in [0.1, 0.15) is 10.4 Å². The summed E-state index contributed by atoms with van der Waals surface area (Å²) < 4.78 is 0. The highest BCUT2D eigenvalue weighted by molar-refractivity contribution is 6.33. The number of benzene rings is 1. The quantitative estimate of drug-likeness (QED) is 0.531. The standard InChI is InChI=1S/C12H8ClN3O3/c13-11-10(5-2-6-14-11)12(17)15-8-3-1-4-9(7-8)16(18)19/h1-7H,(H,15,17). The second-order valence-corrected chi connectivity index (χ2v) is 3.96. The fourth-order valence-corrected chi connectivity index (χ4v) is 1.66. The van der Waals surface area contributed by atoms with Crippen molar-refractivity contribution in [2.75, 3.05) is 5.32 Å². The van der Waals surface area contributed by atoms with Crippen LogP contribution in [0.5, 0.6) is 0 Å². The number of aromatic nitrogens is 1. The zero-order chi connectivity index (χ0) is 13.8. The van der Waals surface area contributed by atoms with Gasteiger partial charge >= 0.3 is 0 Å². The summed E-state index contributed by atoms with van der Waals surface area (Å²) in [5, 5.41) is 13.2. The van der Waals surface area contributed by atoms with Crippen LogP contribution in [0.3, 0.4) is 0 Å². The van der Waals surface area contributed by atoms with Gasteiger partial charge in [-0.15, -0.1) is 0 Å². The second-order valence-electron chi connectivity index (χ2n) is 3.60. The second kappa shape index (κ2) is 5.45. The molecule has 0 spiro atoms. The van der Waals surface area contributed by atoms with Crippen LogP contribution in [0.25, 0.3) is 0 Å². The lowest BCUT2D eigenvalue weighted by Crippen LogP contribution is -2.12. The highest BCUT2D eigenvalue weighted by Crippen LogP contribution is 2.19. The predicted octanol–water partition coefficient (Wildman–Crippen LogP) is 2.90. The molecule has 0 aliphatic carbocycles. The van der Waals surface area contributed by atoms with E-state index in [0.29, 0.717) is 5.69 Å². The molecule has 2 aromatic rings. The molecule has 19 heavy (non-hydrogen) atoms. The summed E-state index contributed by atoms with van der Waals surface area (Å²) >= 11 is 5.79. The fourth-order valence-electron chi connectivity index (χ4n) is 1.45. The van der Waals surface area contributed by atoms with Gasteiger partial charge in [-0.05, 0) is 18.2 Å². The molecule has 0 aliphatic heterocycles. The summed E-state index contributed by atoms with van der Waals surface area (Å²) in [5.41, 5.74) is 0.421. The van der Waals surface area contributed by atoms with Crippen LogP contribution < -0.4 is 5.32 Å². The lowest BCUT2D eigenvalue weighted by Gasteiger charge is -2.05. The highest BCUT2D eigenvalue weighted by atomic mass is 35.5. The number of non-ortho nitro benzene ring substituents is 1. The van der Waals surface area contributed by atoms with Gasteiger partial charge in [-0.1, -0.05) is 17.7 Å². The number of hydrogen-bond donors (Lipinski definition) is 1. The van der Waals surface area contributed by atoms with E-state index in [-0.39, 0.29) is 16.4 Å². The van der Waals surface area contributed by atoms with Gasteiger partial charge in [0.2, 0.25) is 0 Å². The number of nitro benzene ring substituents is 1. The Morgan fingerprint density at radius 3 is 2.79 bits per heavy atom. The molecule has 0 unspecified atom stereocenters. The van der Waals surface area contributed by atoms with Crippen molar-refractivity contribution in [1.82, 2.24) is 4.98 Å². The zero-order valence-corrected chi connectivity index (χ0v) is 10.3. The number of pyridine rings is 1. The molecule has 1 N–H and O–H groups in total. The van der Waals surface area contributed by atoms with Crippen LogP contribution >= 0.6 is 11.6 Å². The SMILES string of the molecule is O=C(Nc1cccc([N+](=O)[O-])c1)c1cccnc1Cl. The van der Waals surface area contributed by atoms with E-state index in [4.69, 9.17) is 11.6 Å². The van der Waals surface area contributed by atoms with E-state index >= 15 is 0 Å². The normalized spacial score (nSPS) is 9.95. The number of carbonyl (C=O) groups excluding carboxylic acids is 1. The molecular weight excluding hydrogens is 270 g/mol. The van der Waals surface area contributed by atoms with Gasteiger partial charge in [0.05, 0.1) is 10.5 Å². The predicted molar refractivity (Wildman–Crippen MR) is 70.3 cm³/mol. The number of nitro groups is 1. The third-order valence-corrected chi connectivity index (χ3v) is 2.62. The van der Waals surface area contributed by atoms with E-state index in [1.165, 1.54) is 30.5 Å². The van der Waals surface area contributed by atoms with E-state index in [1.54, 1.807) is 12.1 Å². The van der Waals surface area contributed by atoms with Crippen molar-refractivity contribution in [3.63, 3.8) is 0 Å². The van der Waals surface area contributed by atoms with Gasteiger partial charge < -0.3 is 5.32 Å². The minimum absolute atomic E-state index is 0.0745. The number of carbonyl (C=O) groups is 1. The number of anilines is 1. The van der Waals surface area contributed by atoms with E-state index < -0.39 is 10.8 Å². The minimum Gasteiger partial charge on any atom is -0.322 e. The summed E-state index contributed by atoms with van der Waals surface area (Å²) in [7, 11) is 0. The molecule has 0 radical (unpaired) electrons. The molecule has 6 nitrogen and oxygen atoms in total. The zero-order valence-electron chi connectivity index (χ0n) is 9.54. The maximum absolute atomic E-state index is 11.9. The average Bonchev–Trinajstić information content (AvgIpc) is 2.39. The molecule has 0 aliphatic rings. The Kier molecular flexibility index (Phi) is 3.72. The Bertz CT molecular complexity index is 646. The fraction of sp³-hybridized carbons (Fsp3) is 0. The third-order valence-electron chi connectivity index (χ3n) is 2.32. The van der Waals surface area contributed by atoms with Crippen molar-refractivity contribution >= 4 is 28.9 Å². The number of nitrogens with one attached hydrogen (secondary N) is 1. The molecule has 0 saturated heterocycles. The maximum Gasteiger partial charge on any atom is 0.271 e. The number of nitrogens with zero attached hydrogens (tertiary/aromatic N) is 2. The summed E-state index contributed by atoms with van der Waals surface area (Å²) in [6.07, 6.45) is 1.46. The van der Waals surface area contributed by atoms with Crippen LogP contribution in [0.15, 0.2) is 42.6 Å². The number of rotatable bonds is 3. The first-order chi connectivity index (χ1) is 9.08. The Balaban J connectivity index is 2.22. The smallest absolute Gasteiger partial charge is 0.271 e. The topological polar surface area (TPSA) is 85.1 Å². The van der Waals surface area contributed by atoms with Crippen molar-refractivity contribution in [1.29, 1.82) is 0 Å². The summed E-state index contributed by atoms with van der Waals surface area (Å²) in [6.45, 7) is 0. The van der Waals surface area contributed by atoms with E-state index in [9.17, 15) is 14.9 Å². The number of halogens is 1. The van der Waals surface area contributed by atoms with Gasteiger partial charge in [0, 0.05) is 24.0 Å². The first-order valence-electron chi connectivity index (χ1n) is 5.24. The van der Waals surface area contributed by atoms with Gasteiger partial charge in [-0.3, -0.25) is 14.9 Å². The van der Waals surface area contributed by atoms with E-state index in [0.717, 1.165) is 0 Å². The van der Waals surface area contributed by atoms with Crippen LogP contribution in [-0.4, -0.2) is 15.8 Å². The van der Waals surface area contributed by atoms with Crippen molar-refractivity contribution in [2.24, 2.45) is 0 Å². The maximum atomic E-state index is 11.9. The van der Waals surface area contributed by atoms with E-state index in [1.807, 2.05) is 0 Å². The van der Waals surface area contributed by atoms with Crippen LogP contribution in [0, 0.1) is 10.1 Å². The Morgan fingerprint density at radius 1 is 1.32 bits per heavy atom.